The smallest absolute Gasteiger partial charge is 0.241 e. The maximum atomic E-state index is 12.7. The van der Waals surface area contributed by atoms with Crippen molar-refractivity contribution in [1.82, 2.24) is 15.0 Å². The van der Waals surface area contributed by atoms with Gasteiger partial charge in [0.25, 0.3) is 0 Å². The van der Waals surface area contributed by atoms with Crippen LogP contribution in [0.4, 0.5) is 5.69 Å². The molecule has 3 aromatic rings. The Labute approximate surface area is 200 Å². The van der Waals surface area contributed by atoms with E-state index in [4.69, 9.17) is 44.1 Å². The molecule has 4 rings (SSSR count). The molecule has 32 heavy (non-hydrogen) atoms. The Morgan fingerprint density at radius 3 is 2.59 bits per heavy atom. The first kappa shape index (κ1) is 22.9. The summed E-state index contributed by atoms with van der Waals surface area (Å²) in [6.45, 7) is 1.99. The van der Waals surface area contributed by atoms with E-state index in [2.05, 4.69) is 20.4 Å². The van der Waals surface area contributed by atoms with Crippen molar-refractivity contribution in [3.63, 3.8) is 0 Å². The molecule has 2 heterocycles. The van der Waals surface area contributed by atoms with Gasteiger partial charge in [-0.05, 0) is 62.3 Å². The highest BCUT2D eigenvalue weighted by Gasteiger charge is 2.27. The molecule has 0 unspecified atom stereocenters. The number of nitrogens with zero attached hydrogens (tertiary/aromatic N) is 3. The van der Waals surface area contributed by atoms with Crippen molar-refractivity contribution in [3.05, 3.63) is 57.4 Å². The van der Waals surface area contributed by atoms with Crippen LogP contribution in [0.1, 0.15) is 18.7 Å². The van der Waals surface area contributed by atoms with E-state index in [-0.39, 0.29) is 11.8 Å². The number of halogens is 3. The quantitative estimate of drug-likeness (QED) is 0.482. The van der Waals surface area contributed by atoms with Gasteiger partial charge in [-0.3, -0.25) is 9.69 Å². The maximum absolute atomic E-state index is 12.7. The second-order valence-corrected chi connectivity index (χ2v) is 8.80. The van der Waals surface area contributed by atoms with Gasteiger partial charge in [-0.15, -0.1) is 0 Å². The van der Waals surface area contributed by atoms with E-state index in [0.717, 1.165) is 25.9 Å². The van der Waals surface area contributed by atoms with Crippen molar-refractivity contribution < 1.29 is 14.1 Å². The predicted octanol–water partition coefficient (Wildman–Crippen LogP) is 5.56. The Hall–Kier alpha value is -2.32. The molecule has 2 aromatic carbocycles. The fourth-order valence-corrected chi connectivity index (χ4v) is 4.32. The molecular formula is C22H21Cl3N4O3. The number of aromatic nitrogens is 2. The summed E-state index contributed by atoms with van der Waals surface area (Å²) in [7, 11) is 1.56. The average Bonchev–Trinajstić information content (AvgIpc) is 3.22. The average molecular weight is 496 g/mol. The Kier molecular flexibility index (Phi) is 7.20. The third kappa shape index (κ3) is 5.35. The molecule has 10 heteroatoms. The number of amides is 1. The number of nitrogens with one attached hydrogen (secondary N) is 1. The lowest BCUT2D eigenvalue weighted by Crippen LogP contribution is -2.37. The molecule has 0 radical (unpaired) electrons. The lowest BCUT2D eigenvalue weighted by molar-refractivity contribution is -0.121. The molecule has 1 aliphatic heterocycles. The molecule has 0 spiro atoms. The number of ether oxygens (including phenoxy) is 1. The number of anilines is 1. The van der Waals surface area contributed by atoms with Crippen molar-refractivity contribution in [2.45, 2.75) is 19.4 Å². The second kappa shape index (κ2) is 10.1. The normalized spacial score (nSPS) is 15.0. The lowest BCUT2D eigenvalue weighted by atomic mass is 9.96. The van der Waals surface area contributed by atoms with Crippen LogP contribution in [0.15, 0.2) is 40.9 Å². The number of benzene rings is 2. The lowest BCUT2D eigenvalue weighted by Gasteiger charge is -2.30. The van der Waals surface area contributed by atoms with Gasteiger partial charge < -0.3 is 14.6 Å². The molecule has 0 atom stereocenters. The summed E-state index contributed by atoms with van der Waals surface area (Å²) in [4.78, 5) is 19.4. The van der Waals surface area contributed by atoms with Crippen LogP contribution < -0.4 is 10.1 Å². The van der Waals surface area contributed by atoms with Crippen LogP contribution in [0.25, 0.3) is 11.4 Å². The van der Waals surface area contributed by atoms with Crippen LogP contribution >= 0.6 is 34.8 Å². The van der Waals surface area contributed by atoms with Gasteiger partial charge in [0.2, 0.25) is 17.6 Å². The zero-order valence-corrected chi connectivity index (χ0v) is 19.5. The summed E-state index contributed by atoms with van der Waals surface area (Å²) in [6.07, 6.45) is 1.44. The monoisotopic (exact) mass is 494 g/mol. The van der Waals surface area contributed by atoms with Crippen LogP contribution in [0.2, 0.25) is 15.1 Å². The number of hydrogen-bond donors (Lipinski definition) is 1. The van der Waals surface area contributed by atoms with Crippen molar-refractivity contribution in [3.8, 4) is 17.1 Å². The molecule has 7 nitrogen and oxygen atoms in total. The topological polar surface area (TPSA) is 80.5 Å². The first-order valence-corrected chi connectivity index (χ1v) is 11.2. The van der Waals surface area contributed by atoms with E-state index >= 15 is 0 Å². The van der Waals surface area contributed by atoms with Gasteiger partial charge in [0.05, 0.1) is 24.4 Å². The SMILES string of the molecule is COc1ccc(Cl)cc1NC(=O)C1CCN(Cc2nc(-c3ccc(Cl)cc3Cl)no2)CC1. The van der Waals surface area contributed by atoms with Gasteiger partial charge in [-0.2, -0.15) is 4.98 Å². The van der Waals surface area contributed by atoms with Crippen LogP contribution in [-0.4, -0.2) is 41.1 Å². The molecule has 1 aliphatic rings. The summed E-state index contributed by atoms with van der Waals surface area (Å²) < 4.78 is 10.7. The molecule has 0 saturated carbocycles. The fourth-order valence-electron chi connectivity index (χ4n) is 3.66. The largest absolute Gasteiger partial charge is 0.495 e. The van der Waals surface area contributed by atoms with E-state index < -0.39 is 0 Å². The van der Waals surface area contributed by atoms with Crippen LogP contribution in [0, 0.1) is 5.92 Å². The number of carbonyl (C=O) groups excluding carboxylic acids is 1. The molecule has 1 saturated heterocycles. The van der Waals surface area contributed by atoms with Crippen LogP contribution in [0.3, 0.4) is 0 Å². The third-order valence-corrected chi connectivity index (χ3v) is 6.16. The number of methoxy groups -OCH3 is 1. The van der Waals surface area contributed by atoms with Crippen molar-refractivity contribution in [2.75, 3.05) is 25.5 Å². The maximum Gasteiger partial charge on any atom is 0.241 e. The summed E-state index contributed by atoms with van der Waals surface area (Å²) in [5.74, 6) is 1.36. The highest BCUT2D eigenvalue weighted by Crippen LogP contribution is 2.30. The van der Waals surface area contributed by atoms with Crippen molar-refractivity contribution in [2.24, 2.45) is 5.92 Å². The number of likely N-dealkylation sites (tertiary alicyclic amines) is 1. The van der Waals surface area contributed by atoms with Gasteiger partial charge in [0, 0.05) is 21.5 Å². The second-order valence-electron chi connectivity index (χ2n) is 7.52. The fraction of sp³-hybridized carbons (Fsp3) is 0.318. The third-order valence-electron chi connectivity index (χ3n) is 5.38. The van der Waals surface area contributed by atoms with Gasteiger partial charge in [0.15, 0.2) is 0 Å². The number of piperidine rings is 1. The van der Waals surface area contributed by atoms with E-state index in [0.29, 0.717) is 50.3 Å². The highest BCUT2D eigenvalue weighted by molar-refractivity contribution is 6.36. The minimum absolute atomic E-state index is 0.0392. The summed E-state index contributed by atoms with van der Waals surface area (Å²) in [6, 6.07) is 10.3. The van der Waals surface area contributed by atoms with Gasteiger partial charge in [-0.25, -0.2) is 0 Å². The molecule has 0 bridgehead atoms. The van der Waals surface area contributed by atoms with Crippen molar-refractivity contribution in [1.29, 1.82) is 0 Å². The number of rotatable bonds is 6. The molecule has 1 fully saturated rings. The molecule has 1 aromatic heterocycles. The Morgan fingerprint density at radius 2 is 1.88 bits per heavy atom. The predicted molar refractivity (Wildman–Crippen MR) is 124 cm³/mol. The van der Waals surface area contributed by atoms with Crippen LogP contribution in [-0.2, 0) is 11.3 Å². The van der Waals surface area contributed by atoms with Gasteiger partial charge in [-0.1, -0.05) is 40.0 Å². The molecule has 1 amide bonds. The Morgan fingerprint density at radius 1 is 1.16 bits per heavy atom. The van der Waals surface area contributed by atoms with E-state index in [9.17, 15) is 4.79 Å². The summed E-state index contributed by atoms with van der Waals surface area (Å²) in [5, 5.41) is 8.51. The number of hydrogen-bond acceptors (Lipinski definition) is 6. The number of carbonyl (C=O) groups is 1. The van der Waals surface area contributed by atoms with Gasteiger partial charge in [0.1, 0.15) is 5.75 Å². The standard InChI is InChI=1S/C22H21Cl3N4O3/c1-31-19-5-3-15(24)11-18(19)26-22(30)13-6-8-29(9-7-13)12-20-27-21(28-32-20)16-4-2-14(23)10-17(16)25/h2-5,10-11,13H,6-9,12H2,1H3,(H,26,30). The summed E-state index contributed by atoms with van der Waals surface area (Å²) in [5.41, 5.74) is 1.24. The van der Waals surface area contributed by atoms with Gasteiger partial charge >= 0.3 is 0 Å². The minimum atomic E-state index is -0.0962. The Bertz CT molecular complexity index is 1110. The van der Waals surface area contributed by atoms with E-state index in [1.165, 1.54) is 0 Å². The summed E-state index contributed by atoms with van der Waals surface area (Å²) >= 11 is 18.2. The molecule has 0 aliphatic carbocycles. The molecule has 1 N–H and O–H groups in total. The highest BCUT2D eigenvalue weighted by atomic mass is 35.5. The zero-order chi connectivity index (χ0) is 22.7. The van der Waals surface area contributed by atoms with Crippen molar-refractivity contribution >= 4 is 46.4 Å². The van der Waals surface area contributed by atoms with E-state index in [1.807, 2.05) is 0 Å². The van der Waals surface area contributed by atoms with Crippen LogP contribution in [0.5, 0.6) is 5.75 Å². The Balaban J connectivity index is 1.32. The van der Waals surface area contributed by atoms with E-state index in [1.54, 1.807) is 43.5 Å². The molecular weight excluding hydrogens is 475 g/mol. The zero-order valence-electron chi connectivity index (χ0n) is 17.3. The minimum Gasteiger partial charge on any atom is -0.495 e. The first-order valence-electron chi connectivity index (χ1n) is 10.1. The molecule has 168 valence electrons. The first-order chi connectivity index (χ1) is 15.4.